The molecule has 2 aromatic heterocycles. The standard InChI is InChI=1S/C6H7N.C5H6N2.2C2H6/c1-6-3-2-4-7-5-6;1-5-4-6-2-3-7-5;2*1-2/h2-5H,1H3;2-4H,1H3;2*1-2H3. The number of aromatic nitrogens is 3. The summed E-state index contributed by atoms with van der Waals surface area (Å²) in [5, 5.41) is 0. The molecule has 2 heterocycles. The third kappa shape index (κ3) is 12.3. The van der Waals surface area contributed by atoms with Crippen LogP contribution in [0.2, 0.25) is 0 Å². The highest BCUT2D eigenvalue weighted by molar-refractivity contribution is 5.04. The van der Waals surface area contributed by atoms with Gasteiger partial charge < -0.3 is 0 Å². The van der Waals surface area contributed by atoms with Crippen molar-refractivity contribution in [2.45, 2.75) is 41.5 Å². The third-order valence-electron chi connectivity index (χ3n) is 1.50. The number of rotatable bonds is 0. The average Bonchev–Trinajstić information content (AvgIpc) is 2.46. The number of aryl methyl sites for hydroxylation is 2. The molecule has 2 rings (SSSR count). The molecule has 0 aromatic carbocycles. The summed E-state index contributed by atoms with van der Waals surface area (Å²) in [4.78, 5) is 11.6. The lowest BCUT2D eigenvalue weighted by Crippen LogP contribution is -1.77. The lowest BCUT2D eigenvalue weighted by Gasteiger charge is -1.82. The summed E-state index contributed by atoms with van der Waals surface area (Å²) >= 11 is 0. The molecule has 0 saturated carbocycles. The lowest BCUT2D eigenvalue weighted by atomic mass is 10.3. The fourth-order valence-electron chi connectivity index (χ4n) is 0.822. The number of nitrogens with zero attached hydrogens (tertiary/aromatic N) is 3. The molecule has 0 radical (unpaired) electrons. The minimum Gasteiger partial charge on any atom is -0.264 e. The molecule has 0 bridgehead atoms. The first-order chi connectivity index (χ1) is 8.79. The zero-order chi connectivity index (χ0) is 14.2. The second-order valence-electron chi connectivity index (χ2n) is 2.88. The van der Waals surface area contributed by atoms with Gasteiger partial charge in [0.15, 0.2) is 0 Å². The van der Waals surface area contributed by atoms with Crippen LogP contribution in [0, 0.1) is 13.8 Å². The molecule has 0 spiro atoms. The predicted octanol–water partition coefficient (Wildman–Crippen LogP) is 4.23. The van der Waals surface area contributed by atoms with E-state index in [1.165, 1.54) is 5.56 Å². The van der Waals surface area contributed by atoms with Gasteiger partial charge in [0.2, 0.25) is 0 Å². The van der Waals surface area contributed by atoms with Gasteiger partial charge in [-0.2, -0.15) is 0 Å². The van der Waals surface area contributed by atoms with E-state index in [1.807, 2.05) is 59.9 Å². The Hall–Kier alpha value is -1.77. The van der Waals surface area contributed by atoms with Gasteiger partial charge in [0.1, 0.15) is 0 Å². The van der Waals surface area contributed by atoms with Crippen LogP contribution in [0.4, 0.5) is 0 Å². The average molecular weight is 247 g/mol. The monoisotopic (exact) mass is 247 g/mol. The largest absolute Gasteiger partial charge is 0.264 e. The highest BCUT2D eigenvalue weighted by Crippen LogP contribution is 1.88. The number of pyridine rings is 1. The minimum absolute atomic E-state index is 0.961. The van der Waals surface area contributed by atoms with E-state index in [0.717, 1.165) is 5.69 Å². The summed E-state index contributed by atoms with van der Waals surface area (Å²) in [5.41, 5.74) is 2.17. The molecule has 0 saturated heterocycles. The predicted molar refractivity (Wildman–Crippen MR) is 78.4 cm³/mol. The van der Waals surface area contributed by atoms with Gasteiger partial charge in [-0.05, 0) is 25.5 Å². The Labute approximate surface area is 111 Å². The zero-order valence-corrected chi connectivity index (χ0v) is 12.4. The van der Waals surface area contributed by atoms with Crippen LogP contribution in [0.25, 0.3) is 0 Å². The Morgan fingerprint density at radius 2 is 1.39 bits per heavy atom. The van der Waals surface area contributed by atoms with E-state index in [2.05, 4.69) is 15.0 Å². The lowest BCUT2D eigenvalue weighted by molar-refractivity contribution is 1.12. The van der Waals surface area contributed by atoms with E-state index >= 15 is 0 Å². The van der Waals surface area contributed by atoms with Crippen LogP contribution in [0.3, 0.4) is 0 Å². The summed E-state index contributed by atoms with van der Waals surface area (Å²) in [6, 6.07) is 3.95. The van der Waals surface area contributed by atoms with E-state index in [1.54, 1.807) is 24.8 Å². The first-order valence-corrected chi connectivity index (χ1v) is 6.38. The summed E-state index contributed by atoms with van der Waals surface area (Å²) in [5.74, 6) is 0. The highest BCUT2D eigenvalue weighted by Gasteiger charge is 1.74. The molecule has 100 valence electrons. The number of hydrogen-bond donors (Lipinski definition) is 0. The fourth-order valence-corrected chi connectivity index (χ4v) is 0.822. The minimum atomic E-state index is 0.961. The molecule has 3 nitrogen and oxygen atoms in total. The first kappa shape index (κ1) is 18.6. The highest BCUT2D eigenvalue weighted by atomic mass is 14.7. The van der Waals surface area contributed by atoms with Crippen molar-refractivity contribution in [1.82, 2.24) is 15.0 Å². The van der Waals surface area contributed by atoms with Gasteiger partial charge in [-0.25, -0.2) is 0 Å². The van der Waals surface area contributed by atoms with Crippen LogP contribution in [0.1, 0.15) is 39.0 Å². The van der Waals surface area contributed by atoms with Crippen LogP contribution in [0.15, 0.2) is 43.1 Å². The zero-order valence-electron chi connectivity index (χ0n) is 12.4. The van der Waals surface area contributed by atoms with Crippen LogP contribution in [-0.4, -0.2) is 15.0 Å². The molecular formula is C15H25N3. The van der Waals surface area contributed by atoms with Crippen molar-refractivity contribution in [2.75, 3.05) is 0 Å². The van der Waals surface area contributed by atoms with Gasteiger partial charge in [-0.15, -0.1) is 0 Å². The molecule has 0 fully saturated rings. The smallest absolute Gasteiger partial charge is 0.0555 e. The van der Waals surface area contributed by atoms with E-state index < -0.39 is 0 Å². The molecule has 0 amide bonds. The van der Waals surface area contributed by atoms with E-state index in [0.29, 0.717) is 0 Å². The molecule has 18 heavy (non-hydrogen) atoms. The van der Waals surface area contributed by atoms with Crippen molar-refractivity contribution in [3.05, 3.63) is 54.4 Å². The maximum absolute atomic E-state index is 3.92. The van der Waals surface area contributed by atoms with E-state index in [-0.39, 0.29) is 0 Å². The van der Waals surface area contributed by atoms with Crippen molar-refractivity contribution in [1.29, 1.82) is 0 Å². The van der Waals surface area contributed by atoms with Gasteiger partial charge in [-0.3, -0.25) is 15.0 Å². The van der Waals surface area contributed by atoms with Crippen molar-refractivity contribution in [3.8, 4) is 0 Å². The Morgan fingerprint density at radius 3 is 1.61 bits per heavy atom. The quantitative estimate of drug-likeness (QED) is 0.699. The van der Waals surface area contributed by atoms with Crippen LogP contribution in [-0.2, 0) is 0 Å². The van der Waals surface area contributed by atoms with Gasteiger partial charge in [0.25, 0.3) is 0 Å². The summed E-state index contributed by atoms with van der Waals surface area (Å²) in [7, 11) is 0. The van der Waals surface area contributed by atoms with Crippen molar-refractivity contribution >= 4 is 0 Å². The second kappa shape index (κ2) is 15.2. The van der Waals surface area contributed by atoms with E-state index in [4.69, 9.17) is 0 Å². The van der Waals surface area contributed by atoms with E-state index in [9.17, 15) is 0 Å². The van der Waals surface area contributed by atoms with Crippen molar-refractivity contribution in [3.63, 3.8) is 0 Å². The van der Waals surface area contributed by atoms with Gasteiger partial charge in [0.05, 0.1) is 5.69 Å². The molecule has 0 aliphatic carbocycles. The molecule has 0 aliphatic rings. The summed E-state index contributed by atoms with van der Waals surface area (Å²) in [6.07, 6.45) is 8.66. The first-order valence-electron chi connectivity index (χ1n) is 6.38. The van der Waals surface area contributed by atoms with Crippen molar-refractivity contribution < 1.29 is 0 Å². The SMILES string of the molecule is CC.CC.Cc1cccnc1.Cc1cnccn1. The molecular weight excluding hydrogens is 222 g/mol. The normalized spacial score (nSPS) is 7.44. The molecule has 0 N–H and O–H groups in total. The summed E-state index contributed by atoms with van der Waals surface area (Å²) in [6.45, 7) is 11.9. The maximum atomic E-state index is 3.92. The van der Waals surface area contributed by atoms with Gasteiger partial charge in [0, 0.05) is 31.0 Å². The molecule has 2 aromatic rings. The fraction of sp³-hybridized carbons (Fsp3) is 0.400. The Kier molecular flexibility index (Phi) is 15.7. The van der Waals surface area contributed by atoms with Crippen LogP contribution in [0.5, 0.6) is 0 Å². The molecule has 3 heteroatoms. The molecule has 0 unspecified atom stereocenters. The van der Waals surface area contributed by atoms with Crippen LogP contribution >= 0.6 is 0 Å². The Bertz CT molecular complexity index is 309. The molecule has 0 aliphatic heterocycles. The van der Waals surface area contributed by atoms with Gasteiger partial charge >= 0.3 is 0 Å². The Balaban J connectivity index is 0. The molecule has 0 atom stereocenters. The van der Waals surface area contributed by atoms with Crippen molar-refractivity contribution in [2.24, 2.45) is 0 Å². The maximum Gasteiger partial charge on any atom is 0.0555 e. The van der Waals surface area contributed by atoms with Gasteiger partial charge in [-0.1, -0.05) is 33.8 Å². The van der Waals surface area contributed by atoms with Crippen LogP contribution < -0.4 is 0 Å². The topological polar surface area (TPSA) is 38.7 Å². The third-order valence-corrected chi connectivity index (χ3v) is 1.50. The Morgan fingerprint density at radius 1 is 0.778 bits per heavy atom. The second-order valence-corrected chi connectivity index (χ2v) is 2.88. The summed E-state index contributed by atoms with van der Waals surface area (Å²) < 4.78 is 0. The number of hydrogen-bond acceptors (Lipinski definition) is 3.